The van der Waals surface area contributed by atoms with Crippen LogP contribution in [-0.2, 0) is 14.4 Å². The second-order valence-electron chi connectivity index (χ2n) is 4.56. The zero-order valence-corrected chi connectivity index (χ0v) is 23.7. The Morgan fingerprint density at radius 1 is 0.885 bits per heavy atom. The summed E-state index contributed by atoms with van der Waals surface area (Å²) < 4.78 is 0. The number of hydrogen-bond donors (Lipinski definition) is 4. The van der Waals surface area contributed by atoms with Gasteiger partial charge in [0, 0.05) is 0 Å². The summed E-state index contributed by atoms with van der Waals surface area (Å²) in [5.41, 5.74) is 5.22. The molecule has 142 valence electrons. The average Bonchev–Trinajstić information content (AvgIpc) is 2.29. The van der Waals surface area contributed by atoms with Crippen LogP contribution < -0.4 is 99.9 Å². The topological polar surface area (TPSA) is 184 Å². The molecule has 0 bridgehead atoms. The molecule has 14 heteroatoms. The normalized spacial score (nSPS) is 11.1. The van der Waals surface area contributed by atoms with E-state index in [4.69, 9.17) is 21.1 Å². The van der Waals surface area contributed by atoms with Gasteiger partial charge in [-0.05, 0) is 26.2 Å². The first kappa shape index (κ1) is 51.1. The van der Waals surface area contributed by atoms with Crippen molar-refractivity contribution in [1.82, 2.24) is 0 Å². The van der Waals surface area contributed by atoms with Gasteiger partial charge in [-0.1, -0.05) is 13.8 Å². The van der Waals surface area contributed by atoms with Gasteiger partial charge >= 0.3 is 103 Å². The molecule has 3 atom stereocenters. The SMILES string of the molecule is CC(C)C[C@H](N)C(=O)O.CC(O)C(=O)[O-].CC(O)C(=O)[O-].[Ca+2].[Cl-].[Cl-].[Na+].[Na+]. The van der Waals surface area contributed by atoms with Crippen LogP contribution in [0.25, 0.3) is 0 Å². The quantitative estimate of drug-likeness (QED) is 0.286. The van der Waals surface area contributed by atoms with Crippen LogP contribution in [-0.4, -0.2) is 89.2 Å². The van der Waals surface area contributed by atoms with E-state index in [0.717, 1.165) is 13.8 Å². The van der Waals surface area contributed by atoms with Crippen molar-refractivity contribution < 1.29 is 124 Å². The number of aliphatic hydroxyl groups is 2. The number of carbonyl (C=O) groups is 3. The summed E-state index contributed by atoms with van der Waals surface area (Å²) in [6.45, 7) is 6.16. The van der Waals surface area contributed by atoms with Gasteiger partial charge < -0.3 is 65.7 Å². The van der Waals surface area contributed by atoms with E-state index in [0.29, 0.717) is 12.3 Å². The van der Waals surface area contributed by atoms with Crippen LogP contribution in [0, 0.1) is 5.92 Å². The third kappa shape index (κ3) is 50.2. The van der Waals surface area contributed by atoms with Gasteiger partial charge in [0.05, 0.1) is 24.1 Å². The van der Waals surface area contributed by atoms with E-state index in [9.17, 15) is 24.6 Å². The molecular formula is C12H23CaCl2NNa2O8. The van der Waals surface area contributed by atoms with Crippen LogP contribution in [0.5, 0.6) is 0 Å². The standard InChI is InChI=1S/C6H13NO2.2C3H6O3.Ca.2ClH.2Na/c1-4(2)3-5(7)6(8)9;2*1-2(4)3(5)6;;;;;/h4-5H,3,7H2,1-2H3,(H,8,9);2*2,4H,1H3,(H,5,6);;2*1H;;/q;;;+2;;;2*+1/p-4/t5-;;;;;;;/m0......./s1. The summed E-state index contributed by atoms with van der Waals surface area (Å²) in [5.74, 6) is -3.43. The Hall–Kier alpha value is 2.13. The molecule has 26 heavy (non-hydrogen) atoms. The largest absolute Gasteiger partial charge is 2.00 e. The Labute approximate surface area is 240 Å². The molecule has 0 rings (SSSR count). The number of rotatable bonds is 5. The van der Waals surface area contributed by atoms with Gasteiger partial charge in [0.25, 0.3) is 0 Å². The predicted octanol–water partition coefficient (Wildman–Crippen LogP) is -15.7. The van der Waals surface area contributed by atoms with E-state index >= 15 is 0 Å². The molecule has 0 aromatic rings. The second kappa shape index (κ2) is 31.8. The van der Waals surface area contributed by atoms with E-state index in [2.05, 4.69) is 0 Å². The maximum atomic E-state index is 10.1. The van der Waals surface area contributed by atoms with E-state index in [1.807, 2.05) is 13.8 Å². The number of aliphatic hydroxyl groups excluding tert-OH is 2. The third-order valence-corrected chi connectivity index (χ3v) is 1.72. The van der Waals surface area contributed by atoms with Crippen molar-refractivity contribution in [3.8, 4) is 0 Å². The number of carboxylic acids is 3. The fraction of sp³-hybridized carbons (Fsp3) is 0.750. The Balaban J connectivity index is -0.0000000291. The zero-order chi connectivity index (χ0) is 17.7. The maximum absolute atomic E-state index is 10.1. The minimum atomic E-state index is -1.44. The van der Waals surface area contributed by atoms with Crippen LogP contribution in [0.3, 0.4) is 0 Å². The van der Waals surface area contributed by atoms with E-state index in [1.54, 1.807) is 0 Å². The summed E-state index contributed by atoms with van der Waals surface area (Å²) in [4.78, 5) is 28.8. The Bertz CT molecular complexity index is 322. The van der Waals surface area contributed by atoms with Crippen molar-refractivity contribution in [3.63, 3.8) is 0 Å². The molecule has 0 heterocycles. The van der Waals surface area contributed by atoms with Crippen molar-refractivity contribution >= 4 is 55.6 Å². The second-order valence-corrected chi connectivity index (χ2v) is 4.56. The third-order valence-electron chi connectivity index (χ3n) is 1.72. The van der Waals surface area contributed by atoms with Gasteiger partial charge in [-0.25, -0.2) is 0 Å². The first-order valence-corrected chi connectivity index (χ1v) is 6.09. The molecule has 2 unspecified atom stereocenters. The fourth-order valence-corrected chi connectivity index (χ4v) is 0.609. The fourth-order valence-electron chi connectivity index (χ4n) is 0.609. The van der Waals surface area contributed by atoms with Crippen LogP contribution in [0.1, 0.15) is 34.1 Å². The van der Waals surface area contributed by atoms with Gasteiger partial charge in [-0.15, -0.1) is 0 Å². The van der Waals surface area contributed by atoms with Crippen LogP contribution in [0.15, 0.2) is 0 Å². The van der Waals surface area contributed by atoms with Crippen LogP contribution in [0.4, 0.5) is 0 Å². The van der Waals surface area contributed by atoms with E-state index in [-0.39, 0.29) is 122 Å². The number of halogens is 2. The molecule has 0 amide bonds. The molecule has 0 saturated carbocycles. The van der Waals surface area contributed by atoms with Crippen LogP contribution in [0.2, 0.25) is 0 Å². The summed E-state index contributed by atoms with van der Waals surface area (Å²) in [7, 11) is 0. The maximum Gasteiger partial charge on any atom is 2.00 e. The first-order chi connectivity index (χ1) is 9.32. The number of carboxylic acid groups (broad SMARTS) is 3. The van der Waals surface area contributed by atoms with Crippen molar-refractivity contribution in [2.24, 2.45) is 11.7 Å². The molecule has 0 aromatic heterocycles. The number of hydrogen-bond acceptors (Lipinski definition) is 8. The Morgan fingerprint density at radius 3 is 1.12 bits per heavy atom. The Kier molecular flexibility index (Phi) is 62.5. The van der Waals surface area contributed by atoms with E-state index in [1.165, 1.54) is 0 Å². The molecule has 0 aromatic carbocycles. The minimum Gasteiger partial charge on any atom is -1.00 e. The zero-order valence-electron chi connectivity index (χ0n) is 15.9. The van der Waals surface area contributed by atoms with Crippen molar-refractivity contribution in [1.29, 1.82) is 0 Å². The van der Waals surface area contributed by atoms with Gasteiger partial charge in [-0.3, -0.25) is 4.79 Å². The summed E-state index contributed by atoms with van der Waals surface area (Å²) in [5, 5.41) is 42.9. The molecule has 0 aliphatic carbocycles. The summed E-state index contributed by atoms with van der Waals surface area (Å²) in [6.07, 6.45) is -2.13. The number of carbonyl (C=O) groups excluding carboxylic acids is 2. The van der Waals surface area contributed by atoms with Gasteiger partial charge in [-0.2, -0.15) is 0 Å². The molecule has 5 N–H and O–H groups in total. The van der Waals surface area contributed by atoms with Gasteiger partial charge in [0.15, 0.2) is 0 Å². The predicted molar refractivity (Wildman–Crippen MR) is 74.2 cm³/mol. The first-order valence-electron chi connectivity index (χ1n) is 6.09. The molecule has 0 spiro atoms. The Morgan fingerprint density at radius 2 is 1.08 bits per heavy atom. The monoisotopic (exact) mass is 465 g/mol. The van der Waals surface area contributed by atoms with Crippen molar-refractivity contribution in [3.05, 3.63) is 0 Å². The summed E-state index contributed by atoms with van der Waals surface area (Å²) in [6, 6.07) is -0.690. The molecular weight excluding hydrogens is 443 g/mol. The molecule has 0 aliphatic rings. The van der Waals surface area contributed by atoms with Gasteiger partial charge in [0.2, 0.25) is 0 Å². The average molecular weight is 466 g/mol. The van der Waals surface area contributed by atoms with Gasteiger partial charge in [0.1, 0.15) is 6.04 Å². The van der Waals surface area contributed by atoms with Crippen molar-refractivity contribution in [2.75, 3.05) is 0 Å². The minimum absolute atomic E-state index is 0. The molecule has 0 saturated heterocycles. The number of nitrogens with two attached hydrogens (primary N) is 1. The molecule has 0 radical (unpaired) electrons. The molecule has 0 aliphatic heterocycles. The molecule has 0 fully saturated rings. The van der Waals surface area contributed by atoms with E-state index < -0.39 is 36.2 Å². The smallest absolute Gasteiger partial charge is 1.00 e. The number of aliphatic carboxylic acids is 3. The summed E-state index contributed by atoms with van der Waals surface area (Å²) >= 11 is 0. The molecule has 9 nitrogen and oxygen atoms in total. The van der Waals surface area contributed by atoms with Crippen molar-refractivity contribution in [2.45, 2.75) is 52.4 Å². The van der Waals surface area contributed by atoms with Crippen LogP contribution >= 0.6 is 0 Å².